The molecule has 8 heteroatoms. The van der Waals surface area contributed by atoms with Crippen LogP contribution >= 0.6 is 0 Å². The molecule has 1 N–H and O–H groups in total. The fourth-order valence-corrected chi connectivity index (χ4v) is 3.18. The number of sulfonamides is 1. The van der Waals surface area contributed by atoms with Crippen molar-refractivity contribution in [3.05, 3.63) is 53.6 Å². The number of anilines is 1. The molecule has 0 aliphatic heterocycles. The second-order valence-electron chi connectivity index (χ2n) is 6.54. The number of amides is 1. The number of nitrogens with zero attached hydrogens (tertiary/aromatic N) is 1. The second kappa shape index (κ2) is 8.97. The van der Waals surface area contributed by atoms with Crippen LogP contribution in [-0.4, -0.2) is 47.4 Å². The maximum Gasteiger partial charge on any atom is 0.251 e. The van der Waals surface area contributed by atoms with E-state index >= 15 is 0 Å². The van der Waals surface area contributed by atoms with Gasteiger partial charge in [-0.2, -0.15) is 0 Å². The van der Waals surface area contributed by atoms with E-state index in [1.807, 2.05) is 6.92 Å². The lowest BCUT2D eigenvalue weighted by Gasteiger charge is -2.21. The molecule has 0 heterocycles. The summed E-state index contributed by atoms with van der Waals surface area (Å²) in [7, 11) is -0.357. The van der Waals surface area contributed by atoms with Gasteiger partial charge in [0.2, 0.25) is 10.0 Å². The molecule has 0 unspecified atom stereocenters. The highest BCUT2D eigenvalue weighted by Crippen LogP contribution is 2.24. The summed E-state index contributed by atoms with van der Waals surface area (Å²) in [6.07, 6.45) is 1.12. The van der Waals surface area contributed by atoms with Gasteiger partial charge in [-0.05, 0) is 55.8 Å². The van der Waals surface area contributed by atoms with Crippen molar-refractivity contribution >= 4 is 21.6 Å². The van der Waals surface area contributed by atoms with Gasteiger partial charge in [-0.3, -0.25) is 9.10 Å². The van der Waals surface area contributed by atoms with E-state index in [1.54, 1.807) is 56.5 Å². The zero-order valence-corrected chi connectivity index (χ0v) is 17.5. The van der Waals surface area contributed by atoms with Crippen LogP contribution in [0.4, 0.5) is 5.69 Å². The average Bonchev–Trinajstić information content (AvgIpc) is 2.65. The normalized spacial score (nSPS) is 12.2. The highest BCUT2D eigenvalue weighted by Gasteiger charge is 2.19. The standard InChI is InChI=1S/C20H26N2O5S/c1-14(13-27-17-11-9-16(26-4)10-12-17)21-20(23)18-7-6-8-19(15(18)2)22(3)28(5,24)25/h6-12,14H,13H2,1-5H3,(H,21,23)/t14-/m1/s1. The third kappa shape index (κ3) is 5.39. The summed E-state index contributed by atoms with van der Waals surface area (Å²) in [5, 5.41) is 2.88. The SMILES string of the molecule is COc1ccc(OC[C@@H](C)NC(=O)c2cccc(N(C)S(C)(=O)=O)c2C)cc1. The molecule has 7 nitrogen and oxygen atoms in total. The molecule has 1 atom stereocenters. The van der Waals surface area contributed by atoms with Gasteiger partial charge in [0.1, 0.15) is 18.1 Å². The van der Waals surface area contributed by atoms with Crippen LogP contribution in [0.5, 0.6) is 11.5 Å². The summed E-state index contributed by atoms with van der Waals surface area (Å²) < 4.78 is 35.6. The minimum absolute atomic E-state index is 0.245. The van der Waals surface area contributed by atoms with Gasteiger partial charge >= 0.3 is 0 Å². The molecule has 0 fully saturated rings. The van der Waals surface area contributed by atoms with Gasteiger partial charge in [-0.25, -0.2) is 8.42 Å². The van der Waals surface area contributed by atoms with Crippen LogP contribution in [0.25, 0.3) is 0 Å². The van der Waals surface area contributed by atoms with E-state index in [-0.39, 0.29) is 11.9 Å². The third-order valence-electron chi connectivity index (χ3n) is 4.32. The molecule has 0 aromatic heterocycles. The number of methoxy groups -OCH3 is 1. The number of rotatable bonds is 8. The number of ether oxygens (including phenoxy) is 2. The van der Waals surface area contributed by atoms with E-state index in [0.29, 0.717) is 29.2 Å². The number of carbonyl (C=O) groups excluding carboxylic acids is 1. The molecular formula is C20H26N2O5S. The molecule has 0 saturated heterocycles. The van der Waals surface area contributed by atoms with Crippen molar-refractivity contribution < 1.29 is 22.7 Å². The molecule has 1 amide bonds. The molecule has 2 rings (SSSR count). The van der Waals surface area contributed by atoms with E-state index in [1.165, 1.54) is 7.05 Å². The van der Waals surface area contributed by atoms with Crippen molar-refractivity contribution in [2.75, 3.05) is 31.3 Å². The molecule has 0 spiro atoms. The van der Waals surface area contributed by atoms with Gasteiger partial charge in [0, 0.05) is 12.6 Å². The Morgan fingerprint density at radius 3 is 2.32 bits per heavy atom. The topological polar surface area (TPSA) is 84.9 Å². The molecular weight excluding hydrogens is 380 g/mol. The van der Waals surface area contributed by atoms with E-state index in [4.69, 9.17) is 9.47 Å². The fraction of sp³-hybridized carbons (Fsp3) is 0.350. The maximum atomic E-state index is 12.6. The molecule has 0 radical (unpaired) electrons. The van der Waals surface area contributed by atoms with Crippen LogP contribution < -0.4 is 19.1 Å². The lowest BCUT2D eigenvalue weighted by atomic mass is 10.1. The number of nitrogens with one attached hydrogen (secondary N) is 1. The van der Waals surface area contributed by atoms with Crippen LogP contribution in [0.1, 0.15) is 22.8 Å². The van der Waals surface area contributed by atoms with Gasteiger partial charge in [0.25, 0.3) is 5.91 Å². The van der Waals surface area contributed by atoms with Crippen LogP contribution in [0.3, 0.4) is 0 Å². The van der Waals surface area contributed by atoms with E-state index in [9.17, 15) is 13.2 Å². The monoisotopic (exact) mass is 406 g/mol. The van der Waals surface area contributed by atoms with Crippen molar-refractivity contribution in [3.63, 3.8) is 0 Å². The van der Waals surface area contributed by atoms with E-state index in [2.05, 4.69) is 5.32 Å². The van der Waals surface area contributed by atoms with Gasteiger partial charge in [0.05, 0.1) is 25.1 Å². The fourth-order valence-electron chi connectivity index (χ4n) is 2.63. The van der Waals surface area contributed by atoms with Gasteiger partial charge < -0.3 is 14.8 Å². The first-order valence-corrected chi connectivity index (χ1v) is 10.6. The van der Waals surface area contributed by atoms with Gasteiger partial charge in [-0.15, -0.1) is 0 Å². The zero-order chi connectivity index (χ0) is 20.9. The Morgan fingerprint density at radius 2 is 1.75 bits per heavy atom. The predicted molar refractivity (Wildman–Crippen MR) is 110 cm³/mol. The van der Waals surface area contributed by atoms with Crippen molar-refractivity contribution in [3.8, 4) is 11.5 Å². The number of hydrogen-bond acceptors (Lipinski definition) is 5. The maximum absolute atomic E-state index is 12.6. The summed E-state index contributed by atoms with van der Waals surface area (Å²) in [6, 6.07) is 11.9. The van der Waals surface area contributed by atoms with Crippen LogP contribution in [0.15, 0.2) is 42.5 Å². The van der Waals surface area contributed by atoms with E-state index < -0.39 is 10.0 Å². The Bertz CT molecular complexity index is 926. The molecule has 0 aliphatic rings. The van der Waals surface area contributed by atoms with Crippen molar-refractivity contribution in [2.24, 2.45) is 0 Å². The number of hydrogen-bond donors (Lipinski definition) is 1. The van der Waals surface area contributed by atoms with Gasteiger partial charge in [-0.1, -0.05) is 6.07 Å². The van der Waals surface area contributed by atoms with Crippen LogP contribution in [-0.2, 0) is 10.0 Å². The number of carbonyl (C=O) groups is 1. The summed E-state index contributed by atoms with van der Waals surface area (Å²) in [6.45, 7) is 3.85. The minimum atomic E-state index is -3.42. The first kappa shape index (κ1) is 21.6. The Labute approximate surface area is 166 Å². The smallest absolute Gasteiger partial charge is 0.251 e. The molecule has 152 valence electrons. The van der Waals surface area contributed by atoms with Crippen LogP contribution in [0, 0.1) is 6.92 Å². The van der Waals surface area contributed by atoms with Crippen molar-refractivity contribution in [2.45, 2.75) is 19.9 Å². The lowest BCUT2D eigenvalue weighted by molar-refractivity contribution is 0.0926. The molecule has 2 aromatic carbocycles. The van der Waals surface area contributed by atoms with Crippen molar-refractivity contribution in [1.82, 2.24) is 5.32 Å². The summed E-state index contributed by atoms with van der Waals surface area (Å²) >= 11 is 0. The Kier molecular flexibility index (Phi) is 6.90. The predicted octanol–water partition coefficient (Wildman–Crippen LogP) is 2.60. The molecule has 0 bridgehead atoms. The average molecular weight is 407 g/mol. The first-order chi connectivity index (χ1) is 13.1. The van der Waals surface area contributed by atoms with Crippen LogP contribution in [0.2, 0.25) is 0 Å². The van der Waals surface area contributed by atoms with Crippen molar-refractivity contribution in [1.29, 1.82) is 0 Å². The summed E-state index contributed by atoms with van der Waals surface area (Å²) in [5.74, 6) is 1.13. The molecule has 2 aromatic rings. The third-order valence-corrected chi connectivity index (χ3v) is 5.52. The number of benzene rings is 2. The summed E-state index contributed by atoms with van der Waals surface area (Å²) in [4.78, 5) is 12.6. The zero-order valence-electron chi connectivity index (χ0n) is 16.7. The minimum Gasteiger partial charge on any atom is -0.497 e. The largest absolute Gasteiger partial charge is 0.497 e. The highest BCUT2D eigenvalue weighted by atomic mass is 32.2. The summed E-state index contributed by atoms with van der Waals surface area (Å²) in [5.41, 5.74) is 1.48. The Hall–Kier alpha value is -2.74. The molecule has 0 aliphatic carbocycles. The molecule has 0 saturated carbocycles. The van der Waals surface area contributed by atoms with E-state index in [0.717, 1.165) is 16.3 Å². The van der Waals surface area contributed by atoms with Gasteiger partial charge in [0.15, 0.2) is 0 Å². The second-order valence-corrected chi connectivity index (χ2v) is 8.55. The Balaban J connectivity index is 2.03. The first-order valence-electron chi connectivity index (χ1n) is 8.74. The highest BCUT2D eigenvalue weighted by molar-refractivity contribution is 7.92. The molecule has 28 heavy (non-hydrogen) atoms. The lowest BCUT2D eigenvalue weighted by Crippen LogP contribution is -2.37. The Morgan fingerprint density at radius 1 is 1.14 bits per heavy atom. The quantitative estimate of drug-likeness (QED) is 0.728.